The van der Waals surface area contributed by atoms with Crippen LogP contribution in [-0.2, 0) is 17.7 Å². The average molecular weight is 353 g/mol. The molecule has 1 aliphatic heterocycles. The van der Waals surface area contributed by atoms with Crippen LogP contribution in [0.3, 0.4) is 0 Å². The molecule has 1 aliphatic rings. The minimum absolute atomic E-state index is 0.511. The van der Waals surface area contributed by atoms with Gasteiger partial charge in [0, 0.05) is 36.6 Å². The molecule has 0 spiro atoms. The summed E-state index contributed by atoms with van der Waals surface area (Å²) in [5, 5.41) is 4.53. The minimum Gasteiger partial charge on any atom is -0.380 e. The summed E-state index contributed by atoms with van der Waals surface area (Å²) < 4.78 is 5.87. The van der Waals surface area contributed by atoms with Crippen LogP contribution in [0, 0.1) is 12.8 Å². The highest BCUT2D eigenvalue weighted by Gasteiger charge is 2.20. The van der Waals surface area contributed by atoms with E-state index in [-0.39, 0.29) is 0 Å². The molecule has 2 aromatic heterocycles. The van der Waals surface area contributed by atoms with Gasteiger partial charge in [0.25, 0.3) is 0 Å². The van der Waals surface area contributed by atoms with E-state index in [1.807, 2.05) is 12.3 Å². The van der Waals surface area contributed by atoms with Gasteiger partial charge in [-0.25, -0.2) is 4.98 Å². The third-order valence-electron chi connectivity index (χ3n) is 4.67. The predicted molar refractivity (Wildman–Crippen MR) is 102 cm³/mol. The summed E-state index contributed by atoms with van der Waals surface area (Å²) in [6.45, 7) is 6.66. The molecule has 5 heteroatoms. The van der Waals surface area contributed by atoms with Gasteiger partial charge >= 0.3 is 0 Å². The van der Waals surface area contributed by atoms with Gasteiger partial charge < -0.3 is 4.74 Å². The Kier molecular flexibility index (Phi) is 5.06. The number of benzene rings is 1. The highest BCUT2D eigenvalue weighted by molar-refractivity contribution is 7.09. The molecular formula is C20H23N3OS. The van der Waals surface area contributed by atoms with Crippen molar-refractivity contribution >= 4 is 22.2 Å². The summed E-state index contributed by atoms with van der Waals surface area (Å²) in [6, 6.07) is 10.7. The number of aromatic nitrogens is 2. The SMILES string of the molecule is Cc1nc(CN2CCOCC(Cc3ccc4ncccc4c3)C2)cs1. The van der Waals surface area contributed by atoms with Crippen LogP contribution in [0.5, 0.6) is 0 Å². The van der Waals surface area contributed by atoms with Crippen LogP contribution in [0.25, 0.3) is 10.9 Å². The maximum atomic E-state index is 5.87. The van der Waals surface area contributed by atoms with Crippen LogP contribution < -0.4 is 0 Å². The van der Waals surface area contributed by atoms with Crippen LogP contribution in [-0.4, -0.2) is 41.2 Å². The zero-order valence-electron chi connectivity index (χ0n) is 14.5. The molecular weight excluding hydrogens is 330 g/mol. The number of rotatable bonds is 4. The number of ether oxygens (including phenoxy) is 1. The van der Waals surface area contributed by atoms with E-state index < -0.39 is 0 Å². The Morgan fingerprint density at radius 2 is 2.28 bits per heavy atom. The Labute approximate surface area is 152 Å². The van der Waals surface area contributed by atoms with Crippen molar-refractivity contribution in [2.45, 2.75) is 19.9 Å². The largest absolute Gasteiger partial charge is 0.380 e. The zero-order chi connectivity index (χ0) is 17.1. The van der Waals surface area contributed by atoms with Crippen LogP contribution in [0.15, 0.2) is 41.9 Å². The molecule has 0 amide bonds. The van der Waals surface area contributed by atoms with Crippen molar-refractivity contribution in [1.29, 1.82) is 0 Å². The van der Waals surface area contributed by atoms with Gasteiger partial charge in [0.1, 0.15) is 0 Å². The van der Waals surface area contributed by atoms with Crippen LogP contribution >= 0.6 is 11.3 Å². The lowest BCUT2D eigenvalue weighted by atomic mass is 9.98. The Hall–Kier alpha value is -1.82. The van der Waals surface area contributed by atoms with Crippen molar-refractivity contribution < 1.29 is 4.74 Å². The molecule has 1 aromatic carbocycles. The molecule has 130 valence electrons. The highest BCUT2D eigenvalue weighted by atomic mass is 32.1. The van der Waals surface area contributed by atoms with Crippen molar-refractivity contribution in [2.75, 3.05) is 26.3 Å². The van der Waals surface area contributed by atoms with Crippen LogP contribution in [0.4, 0.5) is 0 Å². The van der Waals surface area contributed by atoms with Gasteiger partial charge in [-0.05, 0) is 43.0 Å². The van der Waals surface area contributed by atoms with E-state index in [2.05, 4.69) is 51.4 Å². The third kappa shape index (κ3) is 4.24. The molecule has 3 aromatic rings. The first kappa shape index (κ1) is 16.6. The number of fused-ring (bicyclic) bond motifs is 1. The molecule has 0 aliphatic carbocycles. The van der Waals surface area contributed by atoms with Crippen molar-refractivity contribution in [3.63, 3.8) is 0 Å². The normalized spacial score (nSPS) is 19.2. The number of hydrogen-bond donors (Lipinski definition) is 0. The summed E-state index contributed by atoms with van der Waals surface area (Å²) in [5.41, 5.74) is 3.60. The van der Waals surface area contributed by atoms with E-state index in [9.17, 15) is 0 Å². The van der Waals surface area contributed by atoms with Crippen LogP contribution in [0.1, 0.15) is 16.3 Å². The lowest BCUT2D eigenvalue weighted by Gasteiger charge is -2.22. The van der Waals surface area contributed by atoms with Gasteiger partial charge in [-0.15, -0.1) is 11.3 Å². The van der Waals surface area contributed by atoms with Crippen molar-refractivity contribution in [3.8, 4) is 0 Å². The van der Waals surface area contributed by atoms with Gasteiger partial charge in [-0.3, -0.25) is 9.88 Å². The maximum absolute atomic E-state index is 5.87. The van der Waals surface area contributed by atoms with E-state index >= 15 is 0 Å². The van der Waals surface area contributed by atoms with Gasteiger partial charge in [0.2, 0.25) is 0 Å². The van der Waals surface area contributed by atoms with Crippen molar-refractivity contribution in [2.24, 2.45) is 5.92 Å². The molecule has 1 saturated heterocycles. The first-order valence-electron chi connectivity index (χ1n) is 8.81. The van der Waals surface area contributed by atoms with E-state index in [1.165, 1.54) is 16.6 Å². The molecule has 4 rings (SSSR count). The molecule has 3 heterocycles. The zero-order valence-corrected chi connectivity index (χ0v) is 15.3. The predicted octanol–water partition coefficient (Wildman–Crippen LogP) is 3.69. The summed E-state index contributed by atoms with van der Waals surface area (Å²) in [5.74, 6) is 0.511. The number of hydrogen-bond acceptors (Lipinski definition) is 5. The first-order valence-corrected chi connectivity index (χ1v) is 9.69. The summed E-state index contributed by atoms with van der Waals surface area (Å²) in [6.07, 6.45) is 2.89. The Balaban J connectivity index is 1.44. The maximum Gasteiger partial charge on any atom is 0.0897 e. The van der Waals surface area contributed by atoms with Gasteiger partial charge in [0.05, 0.1) is 29.4 Å². The third-order valence-corrected chi connectivity index (χ3v) is 5.49. The lowest BCUT2D eigenvalue weighted by molar-refractivity contribution is 0.121. The molecule has 1 fully saturated rings. The molecule has 0 bridgehead atoms. The topological polar surface area (TPSA) is 38.2 Å². The second kappa shape index (κ2) is 7.60. The summed E-state index contributed by atoms with van der Waals surface area (Å²) in [7, 11) is 0. The van der Waals surface area contributed by atoms with Crippen molar-refractivity contribution in [3.05, 3.63) is 58.2 Å². The molecule has 0 saturated carbocycles. The first-order chi connectivity index (χ1) is 12.3. The summed E-state index contributed by atoms with van der Waals surface area (Å²) in [4.78, 5) is 11.5. The van der Waals surface area contributed by atoms with E-state index in [0.29, 0.717) is 5.92 Å². The standard InChI is InChI=1S/C20H23N3OS/c1-15-22-19(14-25-15)12-23-7-8-24-13-17(11-23)9-16-4-5-20-18(10-16)3-2-6-21-20/h2-6,10,14,17H,7-9,11-13H2,1H3. The van der Waals surface area contributed by atoms with E-state index in [0.717, 1.165) is 49.8 Å². The van der Waals surface area contributed by atoms with Gasteiger partial charge in [0.15, 0.2) is 0 Å². The molecule has 0 radical (unpaired) electrons. The highest BCUT2D eigenvalue weighted by Crippen LogP contribution is 2.20. The van der Waals surface area contributed by atoms with Crippen LogP contribution in [0.2, 0.25) is 0 Å². The van der Waals surface area contributed by atoms with Gasteiger partial charge in [-0.1, -0.05) is 12.1 Å². The Morgan fingerprint density at radius 1 is 1.32 bits per heavy atom. The number of aryl methyl sites for hydroxylation is 1. The van der Waals surface area contributed by atoms with E-state index in [1.54, 1.807) is 11.3 Å². The summed E-state index contributed by atoms with van der Waals surface area (Å²) >= 11 is 1.73. The fourth-order valence-corrected chi connectivity index (χ4v) is 4.12. The van der Waals surface area contributed by atoms with Gasteiger partial charge in [-0.2, -0.15) is 0 Å². The fourth-order valence-electron chi connectivity index (χ4n) is 3.52. The average Bonchev–Trinajstić information content (AvgIpc) is 2.90. The quantitative estimate of drug-likeness (QED) is 0.717. The Morgan fingerprint density at radius 3 is 3.16 bits per heavy atom. The molecule has 25 heavy (non-hydrogen) atoms. The second-order valence-electron chi connectivity index (χ2n) is 6.77. The number of thiazole rings is 1. The Bertz CT molecular complexity index is 848. The fraction of sp³-hybridized carbons (Fsp3) is 0.400. The number of nitrogens with zero attached hydrogens (tertiary/aromatic N) is 3. The van der Waals surface area contributed by atoms with Crippen molar-refractivity contribution in [1.82, 2.24) is 14.9 Å². The van der Waals surface area contributed by atoms with E-state index in [4.69, 9.17) is 4.74 Å². The lowest BCUT2D eigenvalue weighted by Crippen LogP contribution is -2.30. The molecule has 4 nitrogen and oxygen atoms in total. The number of pyridine rings is 1. The smallest absolute Gasteiger partial charge is 0.0897 e. The molecule has 1 unspecified atom stereocenters. The minimum atomic E-state index is 0.511. The second-order valence-corrected chi connectivity index (χ2v) is 7.83. The molecule has 1 atom stereocenters. The monoisotopic (exact) mass is 353 g/mol. The molecule has 0 N–H and O–H groups in total.